The third kappa shape index (κ3) is 3.04. The van der Waals surface area contributed by atoms with Gasteiger partial charge in [0.15, 0.2) is 26.2 Å². The molecule has 0 heterocycles. The first kappa shape index (κ1) is 10.7. The fourth-order valence-corrected chi connectivity index (χ4v) is 2.70. The number of thiol groups is 4. The first-order chi connectivity index (χ1) is 4.24. The molecule has 0 rings (SSSR count). The van der Waals surface area contributed by atoms with E-state index in [2.05, 4.69) is 49.9 Å². The molecule has 0 aliphatic carbocycles. The first-order valence-corrected chi connectivity index (χ1v) is 5.21. The molecular formula is CH8B4S4. The van der Waals surface area contributed by atoms with Crippen LogP contribution < -0.4 is 0 Å². The topological polar surface area (TPSA) is 0 Å². The van der Waals surface area contributed by atoms with E-state index in [4.69, 9.17) is 0 Å². The van der Waals surface area contributed by atoms with E-state index in [1.807, 2.05) is 0 Å². The zero-order valence-electron chi connectivity index (χ0n) is 5.12. The van der Waals surface area contributed by atoms with Gasteiger partial charge in [-0.1, -0.05) is 5.01 Å². The highest BCUT2D eigenvalue weighted by Gasteiger charge is 2.27. The van der Waals surface area contributed by atoms with Crippen molar-refractivity contribution < 1.29 is 0 Å². The summed E-state index contributed by atoms with van der Waals surface area (Å²) in [6, 6.07) is 0. The molecule has 48 valence electrons. The van der Waals surface area contributed by atoms with Gasteiger partial charge >= 0.3 is 0 Å². The summed E-state index contributed by atoms with van der Waals surface area (Å²) in [5.74, 6) is 0. The lowest BCUT2D eigenvalue weighted by atomic mass is 9.30. The van der Waals surface area contributed by atoms with E-state index in [0.717, 1.165) is 26.2 Å². The Bertz CT molecular complexity index is 55.5. The maximum absolute atomic E-state index is 4.19. The maximum Gasteiger partial charge on any atom is 0.173 e. The van der Waals surface area contributed by atoms with Crippen LogP contribution in [0.5, 0.6) is 0 Å². The van der Waals surface area contributed by atoms with Gasteiger partial charge in [-0.3, -0.25) is 0 Å². The van der Waals surface area contributed by atoms with Crippen LogP contribution in [0.15, 0.2) is 0 Å². The summed E-state index contributed by atoms with van der Waals surface area (Å²) in [6.45, 7) is 3.24. The molecule has 0 saturated heterocycles. The van der Waals surface area contributed by atoms with Crippen molar-refractivity contribution in [3.63, 3.8) is 0 Å². The fourth-order valence-electron chi connectivity index (χ4n) is 0.300. The Labute approximate surface area is 80.9 Å². The molecule has 0 N–H and O–H groups in total. The molecule has 0 fully saturated rings. The highest BCUT2D eigenvalue weighted by Crippen LogP contribution is 2.24. The van der Waals surface area contributed by atoms with Crippen LogP contribution in [0.1, 0.15) is 0 Å². The van der Waals surface area contributed by atoms with Crippen molar-refractivity contribution in [2.24, 2.45) is 0 Å². The van der Waals surface area contributed by atoms with Crippen LogP contribution in [0.3, 0.4) is 0 Å². The molecule has 0 radical (unpaired) electrons. The second kappa shape index (κ2) is 5.33. The van der Waals surface area contributed by atoms with Crippen LogP contribution in [0, 0.1) is 0 Å². The molecule has 0 aromatic rings. The summed E-state index contributed by atoms with van der Waals surface area (Å²) in [6.07, 6.45) is 0. The lowest BCUT2D eigenvalue weighted by molar-refractivity contribution is 1.67. The van der Waals surface area contributed by atoms with E-state index in [1.54, 1.807) is 0 Å². The minimum atomic E-state index is 0.123. The SMILES string of the molecule is SBC(BS)(BS)BS. The van der Waals surface area contributed by atoms with E-state index in [0.29, 0.717) is 0 Å². The highest BCUT2D eigenvalue weighted by atomic mass is 32.1. The maximum atomic E-state index is 4.19. The first-order valence-electron chi connectivity index (χ1n) is 2.68. The smallest absolute Gasteiger partial charge is 0.173 e. The van der Waals surface area contributed by atoms with Crippen LogP contribution in [0.2, 0.25) is 5.01 Å². The van der Waals surface area contributed by atoms with E-state index in [1.165, 1.54) is 0 Å². The summed E-state index contributed by atoms with van der Waals surface area (Å²) in [5, 5.41) is 0.123. The van der Waals surface area contributed by atoms with Crippen LogP contribution in [0.25, 0.3) is 0 Å². The lowest BCUT2D eigenvalue weighted by Gasteiger charge is -2.21. The van der Waals surface area contributed by atoms with E-state index >= 15 is 0 Å². The van der Waals surface area contributed by atoms with Gasteiger partial charge < -0.3 is 0 Å². The fraction of sp³-hybridized carbons (Fsp3) is 1.00. The average Bonchev–Trinajstić information content (AvgIpc) is 1.95. The molecule has 0 unspecified atom stereocenters. The van der Waals surface area contributed by atoms with Crippen LogP contribution in [-0.2, 0) is 0 Å². The van der Waals surface area contributed by atoms with Gasteiger partial charge in [0.25, 0.3) is 0 Å². The van der Waals surface area contributed by atoms with Gasteiger partial charge in [0.2, 0.25) is 0 Å². The molecule has 0 aromatic carbocycles. The van der Waals surface area contributed by atoms with Crippen LogP contribution in [-0.4, -0.2) is 26.2 Å². The molecule has 0 saturated carbocycles. The minimum Gasteiger partial charge on any atom is -0.233 e. The Kier molecular flexibility index (Phi) is 6.31. The Morgan fingerprint density at radius 1 is 0.667 bits per heavy atom. The molecule has 0 bridgehead atoms. The molecule has 0 nitrogen and oxygen atoms in total. The molecule has 0 atom stereocenters. The van der Waals surface area contributed by atoms with Crippen LogP contribution in [0.4, 0.5) is 0 Å². The molecule has 0 spiro atoms. The van der Waals surface area contributed by atoms with Crippen molar-refractivity contribution >= 4 is 76.2 Å². The zero-order valence-corrected chi connectivity index (χ0v) is 8.69. The Morgan fingerprint density at radius 3 is 0.889 bits per heavy atom. The van der Waals surface area contributed by atoms with Gasteiger partial charge in [-0.05, 0) is 0 Å². The molecule has 9 heavy (non-hydrogen) atoms. The molecular weight excluding hydrogens is 184 g/mol. The largest absolute Gasteiger partial charge is 0.233 e. The van der Waals surface area contributed by atoms with E-state index in [9.17, 15) is 0 Å². The highest BCUT2D eigenvalue weighted by molar-refractivity contribution is 8.19. The summed E-state index contributed by atoms with van der Waals surface area (Å²) in [7, 11) is 0. The minimum absolute atomic E-state index is 0.123. The van der Waals surface area contributed by atoms with Crippen LogP contribution >= 0.6 is 49.9 Å². The van der Waals surface area contributed by atoms with Crippen molar-refractivity contribution in [3.05, 3.63) is 0 Å². The monoisotopic (exact) mass is 192 g/mol. The van der Waals surface area contributed by atoms with Crippen molar-refractivity contribution in [1.82, 2.24) is 0 Å². The second-order valence-electron chi connectivity index (χ2n) is 2.13. The molecule has 8 heteroatoms. The molecule has 0 aromatic heterocycles. The number of rotatable bonds is 4. The van der Waals surface area contributed by atoms with Gasteiger partial charge in [0.1, 0.15) is 0 Å². The average molecular weight is 192 g/mol. The van der Waals surface area contributed by atoms with E-state index < -0.39 is 0 Å². The predicted molar refractivity (Wildman–Crippen MR) is 67.2 cm³/mol. The molecule has 0 aliphatic heterocycles. The van der Waals surface area contributed by atoms with Gasteiger partial charge in [0, 0.05) is 0 Å². The third-order valence-corrected chi connectivity index (χ3v) is 4.02. The quantitative estimate of drug-likeness (QED) is 0.323. The lowest BCUT2D eigenvalue weighted by Crippen LogP contribution is -2.30. The van der Waals surface area contributed by atoms with Gasteiger partial charge in [-0.2, -0.15) is 0 Å². The summed E-state index contributed by atoms with van der Waals surface area (Å²) in [5.41, 5.74) is 0. The van der Waals surface area contributed by atoms with Gasteiger partial charge in [0.05, 0.1) is 0 Å². The van der Waals surface area contributed by atoms with Crippen molar-refractivity contribution in [1.29, 1.82) is 0 Å². The van der Waals surface area contributed by atoms with Crippen molar-refractivity contribution in [2.75, 3.05) is 0 Å². The zero-order chi connectivity index (χ0) is 7.33. The normalized spacial score (nSPS) is 10.2. The third-order valence-electron chi connectivity index (χ3n) is 1.34. The second-order valence-corrected chi connectivity index (χ2v) is 3.40. The standard InChI is InChI=1S/CH8B4S4/c6-2-1(3-7,4-8)5-9/h2-9H. The Morgan fingerprint density at radius 2 is 0.889 bits per heavy atom. The summed E-state index contributed by atoms with van der Waals surface area (Å²) in [4.78, 5) is 0. The molecule has 0 amide bonds. The number of hydrogen-bond acceptors (Lipinski definition) is 4. The Balaban J connectivity index is 3.82. The van der Waals surface area contributed by atoms with E-state index in [-0.39, 0.29) is 5.01 Å². The van der Waals surface area contributed by atoms with Gasteiger partial charge in [-0.25, -0.2) is 49.9 Å². The number of hydrogen-bond donors (Lipinski definition) is 4. The summed E-state index contributed by atoms with van der Waals surface area (Å²) >= 11 is 16.8. The van der Waals surface area contributed by atoms with Crippen molar-refractivity contribution in [3.8, 4) is 0 Å². The molecule has 0 aliphatic rings. The Hall–Kier alpha value is 1.66. The summed E-state index contributed by atoms with van der Waals surface area (Å²) < 4.78 is 0. The van der Waals surface area contributed by atoms with Gasteiger partial charge in [-0.15, -0.1) is 0 Å². The van der Waals surface area contributed by atoms with Crippen molar-refractivity contribution in [2.45, 2.75) is 5.01 Å². The predicted octanol–water partition coefficient (Wildman–Crippen LogP) is -0.857.